The summed E-state index contributed by atoms with van der Waals surface area (Å²) >= 11 is 0. The van der Waals surface area contributed by atoms with Gasteiger partial charge in [0.1, 0.15) is 17.1 Å². The van der Waals surface area contributed by atoms with Crippen LogP contribution in [0.3, 0.4) is 0 Å². The van der Waals surface area contributed by atoms with E-state index in [1.165, 1.54) is 5.56 Å². The minimum Gasteiger partial charge on any atom is -0.455 e. The Bertz CT molecular complexity index is 1590. The fourth-order valence-corrected chi connectivity index (χ4v) is 6.63. The number of likely N-dealkylation sites (tertiary alicyclic amines) is 1. The molecule has 3 aromatic heterocycles. The lowest BCUT2D eigenvalue weighted by atomic mass is 9.81. The Morgan fingerprint density at radius 3 is 2.44 bits per heavy atom. The van der Waals surface area contributed by atoms with E-state index in [1.54, 1.807) is 12.4 Å². The van der Waals surface area contributed by atoms with Crippen molar-refractivity contribution in [3.63, 3.8) is 0 Å². The second-order valence-electron chi connectivity index (χ2n) is 12.6. The van der Waals surface area contributed by atoms with Gasteiger partial charge in [0.15, 0.2) is 5.65 Å². The molecule has 1 aliphatic carbocycles. The van der Waals surface area contributed by atoms with Gasteiger partial charge >= 0.3 is 11.7 Å². The first-order valence-electron chi connectivity index (χ1n) is 14.8. The molecule has 0 unspecified atom stereocenters. The molecule has 0 bridgehead atoms. The molecular formula is C32H40N6O3. The molecule has 0 amide bonds. The third-order valence-electron chi connectivity index (χ3n) is 8.67. The maximum atomic E-state index is 14.0. The molecule has 0 spiro atoms. The van der Waals surface area contributed by atoms with Crippen LogP contribution in [0, 0.1) is 0 Å². The number of hydrogen-bond acceptors (Lipinski definition) is 6. The number of carbonyl (C=O) groups is 1. The van der Waals surface area contributed by atoms with Crippen molar-refractivity contribution in [1.82, 2.24) is 28.6 Å². The van der Waals surface area contributed by atoms with Gasteiger partial charge in [-0.2, -0.15) is 0 Å². The number of nitrogens with zero attached hydrogens (tertiary/aromatic N) is 6. The number of hydrogen-bond donors (Lipinski definition) is 0. The fourth-order valence-electron chi connectivity index (χ4n) is 6.63. The van der Waals surface area contributed by atoms with Crippen LogP contribution in [0.15, 0.2) is 59.7 Å². The van der Waals surface area contributed by atoms with Crippen LogP contribution in [-0.2, 0) is 18.3 Å². The predicted octanol–water partition coefficient (Wildman–Crippen LogP) is 5.23. The van der Waals surface area contributed by atoms with Crippen LogP contribution >= 0.6 is 0 Å². The summed E-state index contributed by atoms with van der Waals surface area (Å²) in [5, 5.41) is 0. The van der Waals surface area contributed by atoms with Gasteiger partial charge < -0.3 is 9.30 Å². The topological polar surface area (TPSA) is 87.2 Å². The number of esters is 1. The Hall–Kier alpha value is -3.72. The molecule has 1 saturated carbocycles. The summed E-state index contributed by atoms with van der Waals surface area (Å²) in [5.41, 5.74) is 3.04. The number of imidazole rings is 2. The molecule has 41 heavy (non-hydrogen) atoms. The van der Waals surface area contributed by atoms with E-state index in [2.05, 4.69) is 40.2 Å². The lowest BCUT2D eigenvalue weighted by Crippen LogP contribution is -2.32. The van der Waals surface area contributed by atoms with E-state index in [-0.39, 0.29) is 23.7 Å². The van der Waals surface area contributed by atoms with Gasteiger partial charge in [-0.3, -0.25) is 14.0 Å². The SMILES string of the molecule is Cn1c(C(=O)OC(C)(C)C)cnc1CN1CC[C@H](n2c(=O)n(C3CCC(c4ccccc4)CC3)c3cccnc32)C1. The molecule has 1 aliphatic heterocycles. The average molecular weight is 557 g/mol. The van der Waals surface area contributed by atoms with E-state index in [0.717, 1.165) is 62.2 Å². The second kappa shape index (κ2) is 10.9. The van der Waals surface area contributed by atoms with Crippen LogP contribution in [0.2, 0.25) is 0 Å². The van der Waals surface area contributed by atoms with Gasteiger partial charge in [-0.05, 0) is 76.5 Å². The van der Waals surface area contributed by atoms with Gasteiger partial charge in [0.2, 0.25) is 0 Å². The summed E-state index contributed by atoms with van der Waals surface area (Å²) in [5.74, 6) is 0.982. The van der Waals surface area contributed by atoms with Gasteiger partial charge in [-0.25, -0.2) is 19.6 Å². The Balaban J connectivity index is 1.19. The molecule has 0 N–H and O–H groups in total. The number of aromatic nitrogens is 5. The highest BCUT2D eigenvalue weighted by Crippen LogP contribution is 2.39. The first-order valence-corrected chi connectivity index (χ1v) is 14.8. The zero-order chi connectivity index (χ0) is 28.7. The first-order chi connectivity index (χ1) is 19.7. The molecule has 2 fully saturated rings. The van der Waals surface area contributed by atoms with Crippen molar-refractivity contribution in [3.05, 3.63) is 82.4 Å². The van der Waals surface area contributed by atoms with Crippen LogP contribution in [0.5, 0.6) is 0 Å². The summed E-state index contributed by atoms with van der Waals surface area (Å²) in [4.78, 5) is 38.2. The van der Waals surface area contributed by atoms with Crippen molar-refractivity contribution >= 4 is 17.1 Å². The maximum Gasteiger partial charge on any atom is 0.357 e. The van der Waals surface area contributed by atoms with Gasteiger partial charge in [-0.1, -0.05) is 30.3 Å². The number of fused-ring (bicyclic) bond motifs is 1. The Labute approximate surface area is 240 Å². The minimum absolute atomic E-state index is 0.0346. The predicted molar refractivity (Wildman–Crippen MR) is 158 cm³/mol. The number of ether oxygens (including phenoxy) is 1. The highest BCUT2D eigenvalue weighted by Gasteiger charge is 2.32. The van der Waals surface area contributed by atoms with Crippen molar-refractivity contribution < 1.29 is 9.53 Å². The normalized spacial score (nSPS) is 21.9. The van der Waals surface area contributed by atoms with Gasteiger partial charge in [0.25, 0.3) is 0 Å². The molecule has 2 aliphatic rings. The highest BCUT2D eigenvalue weighted by atomic mass is 16.6. The standard InChI is InChI=1S/C32H40N6O3/c1-32(2,3)41-30(39)27-19-34-28(35(27)4)21-36-18-16-25(20-36)38-29-26(11-8-17-33-29)37(31(38)40)24-14-12-23(13-15-24)22-9-6-5-7-10-22/h5-11,17,19,23-25H,12-16,18,20-21H2,1-4H3/t23?,24?,25-/m0/s1. The van der Waals surface area contributed by atoms with Crippen molar-refractivity contribution in [2.45, 2.75) is 83.0 Å². The Morgan fingerprint density at radius 1 is 0.951 bits per heavy atom. The molecule has 1 aromatic carbocycles. The van der Waals surface area contributed by atoms with E-state index in [9.17, 15) is 9.59 Å². The van der Waals surface area contributed by atoms with Gasteiger partial charge in [-0.15, -0.1) is 0 Å². The minimum atomic E-state index is -0.564. The van der Waals surface area contributed by atoms with Crippen LogP contribution in [0.4, 0.5) is 0 Å². The summed E-state index contributed by atoms with van der Waals surface area (Å²) in [6, 6.07) is 14.9. The molecule has 6 rings (SSSR count). The molecule has 4 heterocycles. The molecule has 1 saturated heterocycles. The van der Waals surface area contributed by atoms with E-state index in [0.29, 0.717) is 18.2 Å². The van der Waals surface area contributed by atoms with E-state index in [4.69, 9.17) is 9.72 Å². The highest BCUT2D eigenvalue weighted by molar-refractivity contribution is 5.87. The number of pyridine rings is 1. The van der Waals surface area contributed by atoms with Crippen molar-refractivity contribution in [2.75, 3.05) is 13.1 Å². The summed E-state index contributed by atoms with van der Waals surface area (Å²) in [6.07, 6.45) is 8.38. The van der Waals surface area contributed by atoms with Crippen LogP contribution in [0.25, 0.3) is 11.2 Å². The molecule has 1 atom stereocenters. The molecular weight excluding hydrogens is 516 g/mol. The maximum absolute atomic E-state index is 14.0. The quantitative estimate of drug-likeness (QED) is 0.302. The second-order valence-corrected chi connectivity index (χ2v) is 12.6. The van der Waals surface area contributed by atoms with Crippen LogP contribution in [0.1, 0.15) is 92.8 Å². The zero-order valence-corrected chi connectivity index (χ0v) is 24.5. The van der Waals surface area contributed by atoms with E-state index < -0.39 is 5.60 Å². The van der Waals surface area contributed by atoms with E-state index >= 15 is 0 Å². The summed E-state index contributed by atoms with van der Waals surface area (Å²) in [6.45, 7) is 7.74. The molecule has 0 radical (unpaired) electrons. The molecule has 9 nitrogen and oxygen atoms in total. The third-order valence-corrected chi connectivity index (χ3v) is 8.67. The number of benzene rings is 1. The number of carbonyl (C=O) groups excluding carboxylic acids is 1. The van der Waals surface area contributed by atoms with Gasteiger partial charge in [0, 0.05) is 32.4 Å². The number of rotatable bonds is 6. The van der Waals surface area contributed by atoms with Crippen LogP contribution < -0.4 is 5.69 Å². The van der Waals surface area contributed by atoms with Crippen molar-refractivity contribution in [3.8, 4) is 0 Å². The zero-order valence-electron chi connectivity index (χ0n) is 24.5. The molecule has 4 aromatic rings. The largest absolute Gasteiger partial charge is 0.455 e. The fraction of sp³-hybridized carbons (Fsp3) is 0.500. The Kier molecular flexibility index (Phi) is 7.32. The summed E-state index contributed by atoms with van der Waals surface area (Å²) in [7, 11) is 1.85. The smallest absolute Gasteiger partial charge is 0.357 e. The third kappa shape index (κ3) is 5.47. The van der Waals surface area contributed by atoms with Crippen LogP contribution in [-0.4, -0.2) is 53.2 Å². The van der Waals surface area contributed by atoms with Crippen molar-refractivity contribution in [2.24, 2.45) is 7.05 Å². The molecule has 216 valence electrons. The lowest BCUT2D eigenvalue weighted by Gasteiger charge is -2.29. The monoisotopic (exact) mass is 556 g/mol. The van der Waals surface area contributed by atoms with Crippen molar-refractivity contribution in [1.29, 1.82) is 0 Å². The summed E-state index contributed by atoms with van der Waals surface area (Å²) < 4.78 is 11.3. The molecule has 9 heteroatoms. The van der Waals surface area contributed by atoms with E-state index in [1.807, 2.05) is 53.7 Å². The lowest BCUT2D eigenvalue weighted by molar-refractivity contribution is 0.00584. The Morgan fingerprint density at radius 2 is 1.71 bits per heavy atom. The average Bonchev–Trinajstić information content (AvgIpc) is 3.64. The first kappa shape index (κ1) is 27.4. The van der Waals surface area contributed by atoms with Gasteiger partial charge in [0.05, 0.1) is 24.3 Å².